The van der Waals surface area contributed by atoms with Crippen LogP contribution >= 0.6 is 11.8 Å². The number of aromatic nitrogens is 5. The van der Waals surface area contributed by atoms with E-state index in [0.717, 1.165) is 9.13 Å². The summed E-state index contributed by atoms with van der Waals surface area (Å²) in [6.45, 7) is 5.23. The number of aryl methyl sites for hydroxylation is 1. The lowest BCUT2D eigenvalue weighted by atomic mass is 9.96. The van der Waals surface area contributed by atoms with Crippen LogP contribution in [0.4, 0.5) is 17.6 Å². The van der Waals surface area contributed by atoms with Gasteiger partial charge in [-0.15, -0.1) is 0 Å². The highest BCUT2D eigenvalue weighted by Crippen LogP contribution is 2.35. The highest BCUT2D eigenvalue weighted by molar-refractivity contribution is 7.99. The molecule has 0 unspecified atom stereocenters. The molecule has 0 fully saturated rings. The van der Waals surface area contributed by atoms with Gasteiger partial charge in [-0.1, -0.05) is 32.5 Å². The third kappa shape index (κ3) is 3.41. The molecule has 0 radical (unpaired) electrons. The van der Waals surface area contributed by atoms with Crippen LogP contribution in [0.25, 0.3) is 11.0 Å². The first-order valence-electron chi connectivity index (χ1n) is 8.20. The molecule has 0 aromatic carbocycles. The molecule has 0 N–H and O–H groups in total. The van der Waals surface area contributed by atoms with Gasteiger partial charge in [-0.25, -0.2) is 23.5 Å². The van der Waals surface area contributed by atoms with Crippen molar-refractivity contribution in [3.63, 3.8) is 0 Å². The van der Waals surface area contributed by atoms with Gasteiger partial charge in [-0.05, 0) is 0 Å². The van der Waals surface area contributed by atoms with Crippen molar-refractivity contribution in [1.29, 1.82) is 0 Å². The monoisotopic (exact) mass is 429 g/mol. The van der Waals surface area contributed by atoms with Crippen LogP contribution in [0.3, 0.4) is 0 Å². The summed E-state index contributed by atoms with van der Waals surface area (Å²) in [6, 6.07) is 0. The van der Waals surface area contributed by atoms with Gasteiger partial charge in [0.15, 0.2) is 17.3 Å². The van der Waals surface area contributed by atoms with Gasteiger partial charge in [0.2, 0.25) is 0 Å². The van der Waals surface area contributed by atoms with E-state index in [1.54, 1.807) is 20.8 Å². The fraction of sp³-hybridized carbons (Fsp3) is 0.353. The number of fused-ring (bicyclic) bond motifs is 1. The second kappa shape index (κ2) is 6.94. The van der Waals surface area contributed by atoms with E-state index in [9.17, 15) is 27.2 Å². The number of pyridine rings is 1. The van der Waals surface area contributed by atoms with E-state index in [1.807, 2.05) is 0 Å². The minimum atomic E-state index is -1.83. The average molecular weight is 429 g/mol. The van der Waals surface area contributed by atoms with E-state index in [0.29, 0.717) is 0 Å². The summed E-state index contributed by atoms with van der Waals surface area (Å²) >= 11 is 0.217. The average Bonchev–Trinajstić information content (AvgIpc) is 2.65. The Morgan fingerprint density at radius 3 is 1.93 bits per heavy atom. The van der Waals surface area contributed by atoms with Crippen LogP contribution < -0.4 is 11.2 Å². The van der Waals surface area contributed by atoms with Gasteiger partial charge < -0.3 is 0 Å². The molecule has 0 atom stereocenters. The van der Waals surface area contributed by atoms with Crippen molar-refractivity contribution in [3.8, 4) is 0 Å². The molecule has 3 aromatic rings. The van der Waals surface area contributed by atoms with E-state index < -0.39 is 45.1 Å². The minimum Gasteiger partial charge on any atom is -0.280 e. The van der Waals surface area contributed by atoms with Crippen molar-refractivity contribution < 1.29 is 17.6 Å². The summed E-state index contributed by atoms with van der Waals surface area (Å²) in [7, 11) is 2.58. The van der Waals surface area contributed by atoms with Crippen molar-refractivity contribution in [3.05, 3.63) is 50.2 Å². The Morgan fingerprint density at radius 2 is 1.41 bits per heavy atom. The van der Waals surface area contributed by atoms with Crippen molar-refractivity contribution in [2.75, 3.05) is 0 Å². The third-order valence-corrected chi connectivity index (χ3v) is 5.14. The predicted octanol–water partition coefficient (Wildman–Crippen LogP) is 2.43. The Bertz CT molecular complexity index is 1250. The first-order valence-corrected chi connectivity index (χ1v) is 9.02. The summed E-state index contributed by atoms with van der Waals surface area (Å²) < 4.78 is 57.2. The van der Waals surface area contributed by atoms with E-state index in [1.165, 1.54) is 14.1 Å². The topological polar surface area (TPSA) is 82.7 Å². The van der Waals surface area contributed by atoms with Crippen molar-refractivity contribution in [1.82, 2.24) is 24.1 Å². The summed E-state index contributed by atoms with van der Waals surface area (Å²) in [6.07, 6.45) is 0. The summed E-state index contributed by atoms with van der Waals surface area (Å²) in [5.74, 6) is -6.95. The lowest BCUT2D eigenvalue weighted by molar-refractivity contribution is 0.383. The molecule has 0 bridgehead atoms. The molecular weight excluding hydrogens is 414 g/mol. The highest BCUT2D eigenvalue weighted by Gasteiger charge is 2.27. The Labute approximate surface area is 165 Å². The molecular formula is C17H15F4N5O2S. The van der Waals surface area contributed by atoms with Gasteiger partial charge >= 0.3 is 5.69 Å². The molecule has 154 valence electrons. The first kappa shape index (κ1) is 21.0. The lowest BCUT2D eigenvalue weighted by Crippen LogP contribution is -2.38. The number of hydrogen-bond acceptors (Lipinski definition) is 6. The molecule has 0 aliphatic carbocycles. The molecule has 0 spiro atoms. The van der Waals surface area contributed by atoms with Gasteiger partial charge in [0.05, 0.1) is 4.90 Å². The molecule has 0 amide bonds. The summed E-state index contributed by atoms with van der Waals surface area (Å²) in [4.78, 5) is 34.9. The molecule has 29 heavy (non-hydrogen) atoms. The largest absolute Gasteiger partial charge is 0.332 e. The quantitative estimate of drug-likeness (QED) is 0.354. The molecule has 0 saturated heterocycles. The van der Waals surface area contributed by atoms with Gasteiger partial charge in [0, 0.05) is 19.5 Å². The zero-order chi connectivity index (χ0) is 21.8. The second-order valence-electron chi connectivity index (χ2n) is 7.26. The van der Waals surface area contributed by atoms with Crippen LogP contribution in [-0.4, -0.2) is 24.1 Å². The van der Waals surface area contributed by atoms with Crippen LogP contribution in [0.2, 0.25) is 0 Å². The van der Waals surface area contributed by atoms with E-state index in [2.05, 4.69) is 15.0 Å². The second-order valence-corrected chi connectivity index (χ2v) is 8.26. The normalized spacial score (nSPS) is 12.0. The van der Waals surface area contributed by atoms with Crippen LogP contribution in [0.5, 0.6) is 0 Å². The zero-order valence-electron chi connectivity index (χ0n) is 16.0. The maximum atomic E-state index is 14.1. The van der Waals surface area contributed by atoms with Gasteiger partial charge in [-0.2, -0.15) is 13.8 Å². The molecule has 3 rings (SSSR count). The molecule has 0 aliphatic heterocycles. The van der Waals surface area contributed by atoms with Crippen molar-refractivity contribution >= 4 is 22.8 Å². The molecule has 3 aromatic heterocycles. The van der Waals surface area contributed by atoms with Crippen molar-refractivity contribution in [2.24, 2.45) is 14.1 Å². The summed E-state index contributed by atoms with van der Waals surface area (Å²) in [5, 5.41) is -0.469. The Morgan fingerprint density at radius 1 is 0.862 bits per heavy atom. The van der Waals surface area contributed by atoms with Gasteiger partial charge in [-0.3, -0.25) is 13.9 Å². The molecule has 3 heterocycles. The SMILES string of the molecule is Cn1c(=O)c2c(Sc3c(F)c(F)nc(F)c3F)nc(C(C)(C)C)nc2n(C)c1=O. The predicted molar refractivity (Wildman–Crippen MR) is 96.9 cm³/mol. The Kier molecular flexibility index (Phi) is 5.01. The Hall–Kier alpha value is -2.76. The van der Waals surface area contributed by atoms with Gasteiger partial charge in [0.1, 0.15) is 16.2 Å². The van der Waals surface area contributed by atoms with E-state index in [4.69, 9.17) is 0 Å². The fourth-order valence-corrected chi connectivity index (χ4v) is 3.45. The number of hydrogen-bond donors (Lipinski definition) is 0. The minimum absolute atomic E-state index is 0.0728. The number of halogens is 4. The standard InChI is InChI=1S/C17H15F4N5O2S/c1-17(2,3)15-23-12-6(14(27)26(5)16(28)25(12)4)13(24-15)29-9-7(18)10(20)22-11(21)8(9)19/h1-5H3. The number of nitrogens with zero attached hydrogens (tertiary/aromatic N) is 5. The molecule has 0 saturated carbocycles. The van der Waals surface area contributed by atoms with Crippen LogP contribution in [0, 0.1) is 23.5 Å². The molecule has 0 aliphatic rings. The fourth-order valence-electron chi connectivity index (χ4n) is 2.49. The number of rotatable bonds is 2. The maximum absolute atomic E-state index is 14.1. The lowest BCUT2D eigenvalue weighted by Gasteiger charge is -2.19. The van der Waals surface area contributed by atoms with Gasteiger partial charge in [0.25, 0.3) is 17.5 Å². The highest BCUT2D eigenvalue weighted by atomic mass is 32.2. The first-order chi connectivity index (χ1) is 13.3. The van der Waals surface area contributed by atoms with Crippen LogP contribution in [0.1, 0.15) is 26.6 Å². The van der Waals surface area contributed by atoms with Crippen LogP contribution in [-0.2, 0) is 19.5 Å². The zero-order valence-corrected chi connectivity index (χ0v) is 16.8. The molecule has 7 nitrogen and oxygen atoms in total. The van der Waals surface area contributed by atoms with E-state index >= 15 is 0 Å². The van der Waals surface area contributed by atoms with Crippen molar-refractivity contribution in [2.45, 2.75) is 36.1 Å². The Balaban J connectivity index is 2.45. The smallest absolute Gasteiger partial charge is 0.280 e. The van der Waals surface area contributed by atoms with E-state index in [-0.39, 0.29) is 33.6 Å². The third-order valence-electron chi connectivity index (χ3n) is 4.09. The summed E-state index contributed by atoms with van der Waals surface area (Å²) in [5.41, 5.74) is -2.24. The molecule has 12 heteroatoms. The maximum Gasteiger partial charge on any atom is 0.332 e. The van der Waals surface area contributed by atoms with Crippen LogP contribution in [0.15, 0.2) is 19.5 Å².